The number of amides is 1. The number of fused-ring (bicyclic) bond motifs is 1. The molecule has 1 aliphatic heterocycles. The average Bonchev–Trinajstić information content (AvgIpc) is 3.34. The summed E-state index contributed by atoms with van der Waals surface area (Å²) < 4.78 is 42.3. The number of aromatic nitrogens is 2. The fourth-order valence-electron chi connectivity index (χ4n) is 3.24. The molecule has 0 aliphatic carbocycles. The Hall–Kier alpha value is -2.72. The van der Waals surface area contributed by atoms with Crippen LogP contribution in [0.15, 0.2) is 34.9 Å². The first-order chi connectivity index (χ1) is 14.3. The van der Waals surface area contributed by atoms with Crippen LogP contribution in [0.25, 0.3) is 10.7 Å². The lowest BCUT2D eigenvalue weighted by Gasteiger charge is -2.26. The predicted octanol–water partition coefficient (Wildman–Crippen LogP) is 3.80. The molecule has 0 unspecified atom stereocenters. The highest BCUT2D eigenvalue weighted by atomic mass is 32.1. The average molecular weight is 436 g/mol. The molecule has 1 aliphatic rings. The second kappa shape index (κ2) is 8.19. The summed E-state index contributed by atoms with van der Waals surface area (Å²) in [4.78, 5) is 19.4. The fraction of sp³-hybridized carbons (Fsp3) is 0.350. The summed E-state index contributed by atoms with van der Waals surface area (Å²) in [6.07, 6.45) is -3.94. The van der Waals surface area contributed by atoms with Crippen molar-refractivity contribution in [2.45, 2.75) is 32.6 Å². The number of aryl methyl sites for hydroxylation is 1. The number of nitrogens with one attached hydrogen (secondary N) is 1. The molecule has 0 saturated carbocycles. The van der Waals surface area contributed by atoms with Gasteiger partial charge in [0.2, 0.25) is 11.7 Å². The van der Waals surface area contributed by atoms with Gasteiger partial charge in [-0.15, -0.1) is 11.3 Å². The number of thiophene rings is 1. The van der Waals surface area contributed by atoms with E-state index in [0.29, 0.717) is 24.5 Å². The van der Waals surface area contributed by atoms with Gasteiger partial charge >= 0.3 is 12.1 Å². The molecule has 0 radical (unpaired) electrons. The van der Waals surface area contributed by atoms with E-state index < -0.39 is 12.1 Å². The van der Waals surface area contributed by atoms with Gasteiger partial charge in [-0.1, -0.05) is 35.0 Å². The molecule has 3 heterocycles. The van der Waals surface area contributed by atoms with Crippen LogP contribution in [0.2, 0.25) is 0 Å². The van der Waals surface area contributed by atoms with Gasteiger partial charge in [0.05, 0.1) is 11.4 Å². The number of alkyl halides is 3. The maximum absolute atomic E-state index is 12.7. The van der Waals surface area contributed by atoms with Crippen LogP contribution in [0.5, 0.6) is 0 Å². The standard InChI is InChI=1S/C20H19F3N4O2S/c1-12-2-4-13(5-3-12)9-24-17(28)11-27-7-6-15-14(10-27)8-16(30-15)18-25-19(29-26-18)20(21,22)23/h2-5,8H,6-7,9-11H2,1H3,(H,24,28). The Morgan fingerprint density at radius 3 is 2.77 bits per heavy atom. The van der Waals surface area contributed by atoms with Gasteiger partial charge in [-0.3, -0.25) is 9.69 Å². The van der Waals surface area contributed by atoms with Gasteiger partial charge in [0.1, 0.15) is 0 Å². The van der Waals surface area contributed by atoms with E-state index in [2.05, 4.69) is 20.0 Å². The summed E-state index contributed by atoms with van der Waals surface area (Å²) in [7, 11) is 0. The number of rotatable bonds is 5. The molecular weight excluding hydrogens is 417 g/mol. The van der Waals surface area contributed by atoms with Crippen LogP contribution >= 0.6 is 11.3 Å². The summed E-state index contributed by atoms with van der Waals surface area (Å²) in [5.74, 6) is -1.48. The van der Waals surface area contributed by atoms with Crippen molar-refractivity contribution >= 4 is 17.2 Å². The maximum atomic E-state index is 12.7. The number of hydrogen-bond acceptors (Lipinski definition) is 6. The number of halogens is 3. The van der Waals surface area contributed by atoms with Crippen LogP contribution in [0.4, 0.5) is 13.2 Å². The molecule has 0 saturated heterocycles. The van der Waals surface area contributed by atoms with Gasteiger partial charge in [0.15, 0.2) is 0 Å². The first-order valence-corrected chi connectivity index (χ1v) is 10.2. The van der Waals surface area contributed by atoms with E-state index in [1.807, 2.05) is 36.1 Å². The monoisotopic (exact) mass is 436 g/mol. The van der Waals surface area contributed by atoms with E-state index in [1.54, 1.807) is 6.07 Å². The fourth-order valence-corrected chi connectivity index (χ4v) is 4.33. The lowest BCUT2D eigenvalue weighted by Crippen LogP contribution is -2.39. The SMILES string of the molecule is Cc1ccc(CNC(=O)CN2CCc3sc(-c4noc(C(F)(F)F)n4)cc3C2)cc1. The van der Waals surface area contributed by atoms with Crippen molar-refractivity contribution in [1.82, 2.24) is 20.4 Å². The third kappa shape index (κ3) is 4.71. The van der Waals surface area contributed by atoms with Crippen molar-refractivity contribution in [1.29, 1.82) is 0 Å². The molecule has 30 heavy (non-hydrogen) atoms. The number of carbonyl (C=O) groups excluding carboxylic acids is 1. The summed E-state index contributed by atoms with van der Waals surface area (Å²) in [6, 6.07) is 9.75. The van der Waals surface area contributed by atoms with Gasteiger partial charge in [-0.2, -0.15) is 18.2 Å². The van der Waals surface area contributed by atoms with Crippen molar-refractivity contribution in [2.75, 3.05) is 13.1 Å². The van der Waals surface area contributed by atoms with Crippen LogP contribution in [-0.4, -0.2) is 34.0 Å². The highest BCUT2D eigenvalue weighted by Crippen LogP contribution is 2.35. The van der Waals surface area contributed by atoms with E-state index in [0.717, 1.165) is 22.4 Å². The third-order valence-corrected chi connectivity index (χ3v) is 6.05. The molecule has 3 aromatic rings. The van der Waals surface area contributed by atoms with Crippen LogP contribution in [0.3, 0.4) is 0 Å². The second-order valence-electron chi connectivity index (χ2n) is 7.20. The smallest absolute Gasteiger partial charge is 0.351 e. The first-order valence-electron chi connectivity index (χ1n) is 9.35. The molecule has 0 spiro atoms. The number of carbonyl (C=O) groups is 1. The molecule has 1 aromatic carbocycles. The van der Waals surface area contributed by atoms with E-state index in [-0.39, 0.29) is 18.3 Å². The normalized spacial score (nSPS) is 14.5. The Kier molecular flexibility index (Phi) is 5.61. The van der Waals surface area contributed by atoms with Gasteiger partial charge < -0.3 is 9.84 Å². The minimum absolute atomic E-state index is 0.0656. The zero-order valence-corrected chi connectivity index (χ0v) is 16.9. The third-order valence-electron chi connectivity index (χ3n) is 4.81. The lowest BCUT2D eigenvalue weighted by atomic mass is 10.1. The Morgan fingerprint density at radius 1 is 1.30 bits per heavy atom. The molecule has 2 aromatic heterocycles. The highest BCUT2D eigenvalue weighted by Gasteiger charge is 2.38. The second-order valence-corrected chi connectivity index (χ2v) is 8.34. The topological polar surface area (TPSA) is 71.3 Å². The lowest BCUT2D eigenvalue weighted by molar-refractivity contribution is -0.159. The van der Waals surface area contributed by atoms with Crippen molar-refractivity contribution < 1.29 is 22.5 Å². The van der Waals surface area contributed by atoms with Gasteiger partial charge in [-0.05, 0) is 30.5 Å². The van der Waals surface area contributed by atoms with Crippen LogP contribution in [-0.2, 0) is 30.5 Å². The molecular formula is C20H19F3N4O2S. The van der Waals surface area contributed by atoms with Crippen molar-refractivity contribution in [3.63, 3.8) is 0 Å². The van der Waals surface area contributed by atoms with Gasteiger partial charge in [0, 0.05) is 24.5 Å². The molecule has 4 rings (SSSR count). The van der Waals surface area contributed by atoms with E-state index in [4.69, 9.17) is 0 Å². The largest absolute Gasteiger partial charge is 0.471 e. The molecule has 1 N–H and O–H groups in total. The predicted molar refractivity (Wildman–Crippen MR) is 105 cm³/mol. The molecule has 10 heteroatoms. The minimum Gasteiger partial charge on any atom is -0.351 e. The summed E-state index contributed by atoms with van der Waals surface area (Å²) >= 11 is 1.36. The molecule has 6 nitrogen and oxygen atoms in total. The molecule has 158 valence electrons. The number of nitrogens with zero attached hydrogens (tertiary/aromatic N) is 3. The Bertz CT molecular complexity index is 1040. The van der Waals surface area contributed by atoms with E-state index in [9.17, 15) is 18.0 Å². The zero-order valence-electron chi connectivity index (χ0n) is 16.1. The van der Waals surface area contributed by atoms with Gasteiger partial charge in [0.25, 0.3) is 0 Å². The maximum Gasteiger partial charge on any atom is 0.471 e. The molecule has 1 amide bonds. The van der Waals surface area contributed by atoms with Crippen molar-refractivity contribution in [3.05, 3.63) is 57.8 Å². The number of benzene rings is 1. The molecule has 0 bridgehead atoms. The zero-order chi connectivity index (χ0) is 21.3. The van der Waals surface area contributed by atoms with E-state index in [1.165, 1.54) is 16.9 Å². The molecule has 0 fully saturated rings. The molecule has 0 atom stereocenters. The first kappa shape index (κ1) is 20.5. The van der Waals surface area contributed by atoms with Crippen molar-refractivity contribution in [3.8, 4) is 10.7 Å². The number of hydrogen-bond donors (Lipinski definition) is 1. The highest BCUT2D eigenvalue weighted by molar-refractivity contribution is 7.15. The van der Waals surface area contributed by atoms with Crippen molar-refractivity contribution in [2.24, 2.45) is 0 Å². The Labute approximate surface area is 174 Å². The van der Waals surface area contributed by atoms with Crippen LogP contribution in [0.1, 0.15) is 27.5 Å². The van der Waals surface area contributed by atoms with E-state index >= 15 is 0 Å². The van der Waals surface area contributed by atoms with Gasteiger partial charge in [-0.25, -0.2) is 0 Å². The quantitative estimate of drug-likeness (QED) is 0.659. The van der Waals surface area contributed by atoms with Crippen LogP contribution in [0, 0.1) is 6.92 Å². The van der Waals surface area contributed by atoms with Crippen LogP contribution < -0.4 is 5.32 Å². The summed E-state index contributed by atoms with van der Waals surface area (Å²) in [6.45, 7) is 3.99. The Balaban J connectivity index is 1.35. The summed E-state index contributed by atoms with van der Waals surface area (Å²) in [5.41, 5.74) is 3.18. The Morgan fingerprint density at radius 2 is 2.07 bits per heavy atom. The summed E-state index contributed by atoms with van der Waals surface area (Å²) in [5, 5.41) is 6.37. The minimum atomic E-state index is -4.66.